The van der Waals surface area contributed by atoms with Gasteiger partial charge >= 0.3 is 5.97 Å². The molecule has 1 heterocycles. The monoisotopic (exact) mass is 452 g/mol. The van der Waals surface area contributed by atoms with E-state index in [1.165, 1.54) is 0 Å². The molecule has 0 radical (unpaired) electrons. The van der Waals surface area contributed by atoms with E-state index in [2.05, 4.69) is 9.71 Å². The quantitative estimate of drug-likeness (QED) is 0.564. The van der Waals surface area contributed by atoms with Gasteiger partial charge in [-0.05, 0) is 78.8 Å². The number of nitrogens with zero attached hydrogens (tertiary/aromatic N) is 1. The highest BCUT2D eigenvalue weighted by Gasteiger charge is 2.27. The maximum atomic E-state index is 13.1. The molecule has 0 fully saturated rings. The summed E-state index contributed by atoms with van der Waals surface area (Å²) in [5.41, 5.74) is 4.47. The highest BCUT2D eigenvalue weighted by Crippen LogP contribution is 2.36. The van der Waals surface area contributed by atoms with Crippen molar-refractivity contribution >= 4 is 16.0 Å². The molecule has 1 unspecified atom stereocenters. The lowest BCUT2D eigenvalue weighted by atomic mass is 9.87. The number of nitrogens with one attached hydrogen (secondary N) is 1. The number of aromatic nitrogens is 1. The summed E-state index contributed by atoms with van der Waals surface area (Å²) in [5, 5.41) is 8.90. The van der Waals surface area contributed by atoms with E-state index >= 15 is 0 Å². The molecule has 32 heavy (non-hydrogen) atoms. The van der Waals surface area contributed by atoms with Crippen molar-refractivity contribution in [2.75, 3.05) is 6.61 Å². The molecule has 0 saturated heterocycles. The molecule has 166 valence electrons. The molecule has 1 atom stereocenters. The molecule has 3 aromatic rings. The Labute approximate surface area is 187 Å². The van der Waals surface area contributed by atoms with Crippen LogP contribution in [0.4, 0.5) is 0 Å². The van der Waals surface area contributed by atoms with Crippen molar-refractivity contribution < 1.29 is 23.1 Å². The molecule has 0 spiro atoms. The highest BCUT2D eigenvalue weighted by molar-refractivity contribution is 7.89. The number of aliphatic carboxylic acids is 1. The minimum absolute atomic E-state index is 0.192. The van der Waals surface area contributed by atoms with Gasteiger partial charge in [-0.3, -0.25) is 4.98 Å². The number of aryl methyl sites for hydroxylation is 1. The van der Waals surface area contributed by atoms with Crippen LogP contribution in [0.1, 0.15) is 35.7 Å². The number of pyridine rings is 1. The first kappa shape index (κ1) is 22.0. The Morgan fingerprint density at radius 3 is 2.66 bits per heavy atom. The lowest BCUT2D eigenvalue weighted by molar-refractivity contribution is -0.139. The summed E-state index contributed by atoms with van der Waals surface area (Å²) >= 11 is 0. The standard InChI is InChI=1S/C24H24N2O5S/c1-16-14-18(12-13-25-16)17-8-10-19(11-9-17)32(29,30)26-22-6-2-5-21-20(22)4-3-7-23(21)31-15-24(27)28/h3-4,7-14,22,26H,2,5-6,15H2,1H3,(H,27,28). The van der Waals surface area contributed by atoms with Gasteiger partial charge in [0.25, 0.3) is 0 Å². The van der Waals surface area contributed by atoms with Gasteiger partial charge in [-0.15, -0.1) is 0 Å². The smallest absolute Gasteiger partial charge is 0.341 e. The molecular weight excluding hydrogens is 428 g/mol. The summed E-state index contributed by atoms with van der Waals surface area (Å²) in [4.78, 5) is 15.2. The van der Waals surface area contributed by atoms with Crippen LogP contribution in [0.25, 0.3) is 11.1 Å². The van der Waals surface area contributed by atoms with Crippen molar-refractivity contribution in [2.45, 2.75) is 37.1 Å². The Kier molecular flexibility index (Phi) is 6.25. The highest BCUT2D eigenvalue weighted by atomic mass is 32.2. The molecule has 4 rings (SSSR count). The molecular formula is C24H24N2O5S. The van der Waals surface area contributed by atoms with Gasteiger partial charge in [0, 0.05) is 17.9 Å². The number of sulfonamides is 1. The summed E-state index contributed by atoms with van der Waals surface area (Å²) in [6, 6.07) is 15.6. The molecule has 0 aliphatic heterocycles. The van der Waals surface area contributed by atoms with Gasteiger partial charge in [0.05, 0.1) is 4.90 Å². The topological polar surface area (TPSA) is 106 Å². The van der Waals surface area contributed by atoms with Gasteiger partial charge in [-0.25, -0.2) is 17.9 Å². The van der Waals surface area contributed by atoms with Crippen LogP contribution in [0, 0.1) is 6.92 Å². The van der Waals surface area contributed by atoms with Crippen LogP contribution in [0.15, 0.2) is 65.7 Å². The van der Waals surface area contributed by atoms with Gasteiger partial charge < -0.3 is 9.84 Å². The van der Waals surface area contributed by atoms with E-state index in [9.17, 15) is 13.2 Å². The molecule has 1 aromatic heterocycles. The Morgan fingerprint density at radius 2 is 1.94 bits per heavy atom. The number of hydrogen-bond acceptors (Lipinski definition) is 5. The molecule has 0 saturated carbocycles. The molecule has 7 nitrogen and oxygen atoms in total. The number of fused-ring (bicyclic) bond motifs is 1. The van der Waals surface area contributed by atoms with E-state index in [4.69, 9.17) is 9.84 Å². The van der Waals surface area contributed by atoms with E-state index in [-0.39, 0.29) is 4.90 Å². The first-order valence-corrected chi connectivity index (χ1v) is 11.8. The first-order valence-electron chi connectivity index (χ1n) is 10.4. The fourth-order valence-electron chi connectivity index (χ4n) is 4.02. The van der Waals surface area contributed by atoms with Crippen LogP contribution in [-0.2, 0) is 21.2 Å². The van der Waals surface area contributed by atoms with Gasteiger partial charge in [0.1, 0.15) is 5.75 Å². The van der Waals surface area contributed by atoms with Gasteiger partial charge in [-0.2, -0.15) is 0 Å². The molecule has 0 bridgehead atoms. The Balaban J connectivity index is 1.56. The van der Waals surface area contributed by atoms with E-state index in [1.54, 1.807) is 42.6 Å². The van der Waals surface area contributed by atoms with E-state index in [1.807, 2.05) is 25.1 Å². The van der Waals surface area contributed by atoms with E-state index in [0.717, 1.165) is 34.4 Å². The number of carbonyl (C=O) groups is 1. The normalized spacial score (nSPS) is 15.7. The van der Waals surface area contributed by atoms with Crippen molar-refractivity contribution in [1.29, 1.82) is 0 Å². The lowest BCUT2D eigenvalue weighted by Crippen LogP contribution is -2.31. The third-order valence-electron chi connectivity index (χ3n) is 5.51. The summed E-state index contributed by atoms with van der Waals surface area (Å²) in [6.45, 7) is 1.47. The predicted molar refractivity (Wildman–Crippen MR) is 120 cm³/mol. The second-order valence-corrected chi connectivity index (χ2v) is 9.50. The van der Waals surface area contributed by atoms with Crippen molar-refractivity contribution in [3.8, 4) is 16.9 Å². The Morgan fingerprint density at radius 1 is 1.16 bits per heavy atom. The number of carboxylic acid groups (broad SMARTS) is 1. The van der Waals surface area contributed by atoms with Crippen molar-refractivity contribution in [3.05, 3.63) is 77.6 Å². The van der Waals surface area contributed by atoms with Gasteiger partial charge in [0.2, 0.25) is 10.0 Å². The average molecular weight is 453 g/mol. The van der Waals surface area contributed by atoms with Crippen LogP contribution in [0.2, 0.25) is 0 Å². The first-order chi connectivity index (χ1) is 15.3. The molecule has 2 aromatic carbocycles. The van der Waals surface area contributed by atoms with E-state index < -0.39 is 28.6 Å². The third-order valence-corrected chi connectivity index (χ3v) is 7.00. The average Bonchev–Trinajstić information content (AvgIpc) is 2.78. The van der Waals surface area contributed by atoms with Crippen molar-refractivity contribution in [1.82, 2.24) is 9.71 Å². The SMILES string of the molecule is Cc1cc(-c2ccc(S(=O)(=O)NC3CCCc4c(OCC(=O)O)cccc43)cc2)ccn1. The number of benzene rings is 2. The number of hydrogen-bond donors (Lipinski definition) is 2. The molecule has 1 aliphatic carbocycles. The van der Waals surface area contributed by atoms with Crippen LogP contribution in [0.3, 0.4) is 0 Å². The van der Waals surface area contributed by atoms with Gasteiger partial charge in [0.15, 0.2) is 6.61 Å². The zero-order valence-electron chi connectivity index (χ0n) is 17.6. The molecule has 1 aliphatic rings. The number of rotatable bonds is 7. The second-order valence-electron chi connectivity index (χ2n) is 7.78. The van der Waals surface area contributed by atoms with E-state index in [0.29, 0.717) is 18.6 Å². The van der Waals surface area contributed by atoms with Crippen molar-refractivity contribution in [2.24, 2.45) is 0 Å². The number of ether oxygens (including phenoxy) is 1. The fourth-order valence-corrected chi connectivity index (χ4v) is 5.27. The third kappa shape index (κ3) is 4.81. The van der Waals surface area contributed by atoms with Crippen LogP contribution in [0.5, 0.6) is 5.75 Å². The lowest BCUT2D eigenvalue weighted by Gasteiger charge is -2.27. The fraction of sp³-hybridized carbons (Fsp3) is 0.250. The zero-order chi connectivity index (χ0) is 22.7. The predicted octanol–water partition coefficient (Wildman–Crippen LogP) is 3.88. The summed E-state index contributed by atoms with van der Waals surface area (Å²) < 4.78 is 34.4. The Hall–Kier alpha value is -3.23. The van der Waals surface area contributed by atoms with Crippen molar-refractivity contribution in [3.63, 3.8) is 0 Å². The largest absolute Gasteiger partial charge is 0.482 e. The summed E-state index contributed by atoms with van der Waals surface area (Å²) in [7, 11) is -3.75. The molecule has 8 heteroatoms. The maximum absolute atomic E-state index is 13.1. The van der Waals surface area contributed by atoms with Gasteiger partial charge in [-0.1, -0.05) is 24.3 Å². The second kappa shape index (κ2) is 9.10. The Bertz CT molecular complexity index is 1240. The van der Waals surface area contributed by atoms with Crippen LogP contribution < -0.4 is 9.46 Å². The number of carboxylic acids is 1. The maximum Gasteiger partial charge on any atom is 0.341 e. The van der Waals surface area contributed by atoms with Crippen LogP contribution >= 0.6 is 0 Å². The summed E-state index contributed by atoms with van der Waals surface area (Å²) in [5.74, 6) is -0.563. The minimum Gasteiger partial charge on any atom is -0.482 e. The molecule has 0 amide bonds. The minimum atomic E-state index is -3.75. The van der Waals surface area contributed by atoms with Crippen LogP contribution in [-0.4, -0.2) is 31.1 Å². The molecule has 2 N–H and O–H groups in total. The summed E-state index contributed by atoms with van der Waals surface area (Å²) in [6.07, 6.45) is 3.87. The zero-order valence-corrected chi connectivity index (χ0v) is 18.4.